The molecule has 15 heteroatoms. The van der Waals surface area contributed by atoms with Crippen LogP contribution in [0.4, 0.5) is 0 Å². The molecule has 1 heterocycles. The number of esters is 4. The molecule has 1 aliphatic rings. The van der Waals surface area contributed by atoms with Gasteiger partial charge in [-0.2, -0.15) is 0 Å². The van der Waals surface area contributed by atoms with Crippen molar-refractivity contribution in [2.24, 2.45) is 0 Å². The number of rotatable bonds is 55. The minimum absolute atomic E-state index is 0.197. The number of carbonyl (C=O) groups is 5. The third-order valence-electron chi connectivity index (χ3n) is 16.0. The van der Waals surface area contributed by atoms with E-state index in [9.17, 15) is 29.1 Å². The van der Waals surface area contributed by atoms with Crippen molar-refractivity contribution in [3.63, 3.8) is 0 Å². The number of ether oxygens (including phenoxy) is 8. The monoisotopic (exact) mass is 1190 g/mol. The van der Waals surface area contributed by atoms with Crippen LogP contribution in [0.5, 0.6) is 17.2 Å². The van der Waals surface area contributed by atoms with E-state index in [1.54, 1.807) is 12.1 Å². The van der Waals surface area contributed by atoms with Gasteiger partial charge in [-0.3, -0.25) is 24.0 Å². The molecule has 1 aromatic rings. The first-order valence-electron chi connectivity index (χ1n) is 34.0. The molecular weight excluding hydrogens is 1070 g/mol. The number of benzene rings is 1. The van der Waals surface area contributed by atoms with E-state index in [0.717, 1.165) is 59.3 Å². The average molecular weight is 1190 g/mol. The molecule has 0 aliphatic carbocycles. The third kappa shape index (κ3) is 38.8. The quantitative estimate of drug-likeness (QED) is 0.0356. The summed E-state index contributed by atoms with van der Waals surface area (Å²) in [6.45, 7) is 9.93. The minimum Gasteiger partial charge on any atom is -0.493 e. The molecule has 1 aliphatic heterocycles. The zero-order valence-corrected chi connectivity index (χ0v) is 54.2. The summed E-state index contributed by atoms with van der Waals surface area (Å²) < 4.78 is 48.2. The van der Waals surface area contributed by atoms with Crippen molar-refractivity contribution in [2.75, 3.05) is 26.4 Å². The molecular formula is C69H121NO14. The normalized spacial score (nSPS) is 17.5. The van der Waals surface area contributed by atoms with E-state index < -0.39 is 79.2 Å². The number of carbonyl (C=O) groups excluding carboxylic acids is 5. The molecule has 2 rings (SSSR count). The van der Waals surface area contributed by atoms with Crippen LogP contribution in [-0.4, -0.2) is 97.6 Å². The first kappa shape index (κ1) is 76.0. The summed E-state index contributed by atoms with van der Waals surface area (Å²) in [6, 6.07) is 3.92. The second-order valence-electron chi connectivity index (χ2n) is 24.1. The number of aliphatic hydroxyl groups excluding tert-OH is 1. The molecule has 0 aromatic heterocycles. The highest BCUT2D eigenvalue weighted by Crippen LogP contribution is 2.39. The van der Waals surface area contributed by atoms with E-state index in [-0.39, 0.29) is 12.2 Å². The number of aliphatic hydroxyl groups is 1. The van der Waals surface area contributed by atoms with Gasteiger partial charge in [0.2, 0.25) is 11.7 Å². The summed E-state index contributed by atoms with van der Waals surface area (Å²) in [7, 11) is 0. The number of nitrogens with one attached hydrogen (secondary N) is 1. The zero-order chi connectivity index (χ0) is 61.3. The van der Waals surface area contributed by atoms with Gasteiger partial charge in [-0.05, 0) is 12.8 Å². The van der Waals surface area contributed by atoms with Crippen LogP contribution in [0.25, 0.3) is 0 Å². The molecule has 6 atom stereocenters. The van der Waals surface area contributed by atoms with E-state index in [1.165, 1.54) is 232 Å². The summed E-state index contributed by atoms with van der Waals surface area (Å²) in [5.41, 5.74) is 0. The van der Waals surface area contributed by atoms with Crippen molar-refractivity contribution in [3.05, 3.63) is 18.2 Å². The second kappa shape index (κ2) is 49.9. The van der Waals surface area contributed by atoms with Gasteiger partial charge in [-0.15, -0.1) is 0 Å². The molecule has 15 nitrogen and oxygen atoms in total. The van der Waals surface area contributed by atoms with Gasteiger partial charge >= 0.3 is 23.9 Å². The van der Waals surface area contributed by atoms with E-state index >= 15 is 0 Å². The smallest absolute Gasteiger partial charge is 0.303 e. The Kier molecular flexibility index (Phi) is 45.2. The van der Waals surface area contributed by atoms with Gasteiger partial charge in [0, 0.05) is 52.8 Å². The van der Waals surface area contributed by atoms with E-state index in [4.69, 9.17) is 37.9 Å². The number of amides is 1. The van der Waals surface area contributed by atoms with E-state index in [0.29, 0.717) is 24.7 Å². The standard InChI is InChI=1S/C69H121NO14/c1-8-10-12-14-16-18-20-22-24-26-28-30-32-34-36-38-40-42-44-46-48-77-61-50-62(78-49-47-45-43-41-39-37-35-33-31-29-27-25-23-21-19-17-15-13-11-9-2)52-63(51-61)83-69(55-71)53-64(80-58(5)74)66(70-56(3)72)68(84-69)67(82-60(7)76)65(81-59(6)75)54-79-57(4)73/h50-52,64-68,71H,8-49,53-55H2,1-7H3,(H,70,72)/t64-,65+,66+,67+,68+,69+/m0/s1. The molecule has 0 saturated carbocycles. The average Bonchev–Trinajstić information content (AvgIpc) is 1.54. The van der Waals surface area contributed by atoms with Gasteiger partial charge in [-0.1, -0.05) is 258 Å². The molecule has 0 radical (unpaired) electrons. The molecule has 0 spiro atoms. The van der Waals surface area contributed by atoms with Crippen molar-refractivity contribution in [2.45, 2.75) is 348 Å². The van der Waals surface area contributed by atoms with Crippen LogP contribution in [0, 0.1) is 0 Å². The maximum atomic E-state index is 12.8. The summed E-state index contributed by atoms with van der Waals surface area (Å²) in [6.07, 6.45) is 45.9. The van der Waals surface area contributed by atoms with Crippen LogP contribution < -0.4 is 19.5 Å². The minimum atomic E-state index is -2.02. The lowest BCUT2D eigenvalue weighted by atomic mass is 9.88. The highest BCUT2D eigenvalue weighted by molar-refractivity contribution is 5.74. The molecule has 486 valence electrons. The summed E-state index contributed by atoms with van der Waals surface area (Å²) in [5.74, 6) is -4.48. The second-order valence-corrected chi connectivity index (χ2v) is 24.1. The molecule has 2 N–H and O–H groups in total. The lowest BCUT2D eigenvalue weighted by Crippen LogP contribution is -2.69. The Labute approximate surface area is 509 Å². The molecule has 1 fully saturated rings. The Morgan fingerprint density at radius 1 is 0.488 bits per heavy atom. The van der Waals surface area contributed by atoms with Crippen LogP contribution in [0.15, 0.2) is 18.2 Å². The predicted octanol–water partition coefficient (Wildman–Crippen LogP) is 16.8. The fourth-order valence-corrected chi connectivity index (χ4v) is 11.5. The Balaban J connectivity index is 2.08. The van der Waals surface area contributed by atoms with Gasteiger partial charge in [-0.25, -0.2) is 0 Å². The van der Waals surface area contributed by atoms with Crippen LogP contribution in [0.1, 0.15) is 312 Å². The van der Waals surface area contributed by atoms with E-state index in [2.05, 4.69) is 19.2 Å². The van der Waals surface area contributed by atoms with Crippen LogP contribution in [0.3, 0.4) is 0 Å². The molecule has 1 amide bonds. The highest BCUT2D eigenvalue weighted by atomic mass is 16.7. The van der Waals surface area contributed by atoms with Crippen molar-refractivity contribution < 1.29 is 67.0 Å². The molecule has 84 heavy (non-hydrogen) atoms. The fourth-order valence-electron chi connectivity index (χ4n) is 11.5. The van der Waals surface area contributed by atoms with Crippen molar-refractivity contribution >= 4 is 29.8 Å². The Bertz CT molecular complexity index is 1780. The summed E-state index contributed by atoms with van der Waals surface area (Å²) >= 11 is 0. The maximum Gasteiger partial charge on any atom is 0.303 e. The molecule has 1 aromatic carbocycles. The topological polar surface area (TPSA) is 191 Å². The van der Waals surface area contributed by atoms with Crippen LogP contribution in [-0.2, 0) is 47.7 Å². The van der Waals surface area contributed by atoms with Gasteiger partial charge in [0.1, 0.15) is 42.7 Å². The highest BCUT2D eigenvalue weighted by Gasteiger charge is 2.56. The summed E-state index contributed by atoms with van der Waals surface area (Å²) in [4.78, 5) is 62.7. The third-order valence-corrected chi connectivity index (χ3v) is 16.0. The molecule has 0 unspecified atom stereocenters. The van der Waals surface area contributed by atoms with E-state index in [1.807, 2.05) is 6.07 Å². The number of hydrogen-bond donors (Lipinski definition) is 2. The van der Waals surface area contributed by atoms with Gasteiger partial charge in [0.05, 0.1) is 25.7 Å². The van der Waals surface area contributed by atoms with Crippen molar-refractivity contribution in [1.29, 1.82) is 0 Å². The van der Waals surface area contributed by atoms with Crippen LogP contribution >= 0.6 is 0 Å². The SMILES string of the molecule is CCCCCCCCCCCCCCCCCCCCCCOc1cc(OCCCCCCCCCCCCCCCCCCCCCC)cc(O[C@]2(CO)C[C@H](OC(C)=O)[C@@H](NC(C)=O)[C@H]([C@H](OC(C)=O)[C@@H](COC(C)=O)OC(C)=O)O2)c1. The lowest BCUT2D eigenvalue weighted by Gasteiger charge is -2.49. The number of hydrogen-bond acceptors (Lipinski definition) is 14. The maximum absolute atomic E-state index is 12.8. The Hall–Kier alpha value is -4.11. The molecule has 1 saturated heterocycles. The predicted molar refractivity (Wildman–Crippen MR) is 334 cm³/mol. The van der Waals surface area contributed by atoms with Crippen LogP contribution in [0.2, 0.25) is 0 Å². The first-order valence-corrected chi connectivity index (χ1v) is 34.0. The molecule has 0 bridgehead atoms. The van der Waals surface area contributed by atoms with Crippen molar-refractivity contribution in [1.82, 2.24) is 5.32 Å². The lowest BCUT2D eigenvalue weighted by molar-refractivity contribution is -0.302. The Morgan fingerprint density at radius 2 is 0.833 bits per heavy atom. The first-order chi connectivity index (χ1) is 40.7. The van der Waals surface area contributed by atoms with Gasteiger partial charge < -0.3 is 48.3 Å². The zero-order valence-electron chi connectivity index (χ0n) is 54.2. The largest absolute Gasteiger partial charge is 0.493 e. The van der Waals surface area contributed by atoms with Gasteiger partial charge in [0.15, 0.2) is 12.2 Å². The number of unbranched alkanes of at least 4 members (excludes halogenated alkanes) is 38. The van der Waals surface area contributed by atoms with Crippen molar-refractivity contribution in [3.8, 4) is 17.2 Å². The van der Waals surface area contributed by atoms with Gasteiger partial charge in [0.25, 0.3) is 0 Å². The summed E-state index contributed by atoms with van der Waals surface area (Å²) in [5, 5.41) is 14.0. The fraction of sp³-hybridized carbons (Fsp3) is 0.841. The Morgan fingerprint density at radius 3 is 1.14 bits per heavy atom.